The first-order valence-corrected chi connectivity index (χ1v) is 15.8. The number of hydrogen-bond acceptors (Lipinski definition) is 11. The number of likely N-dealkylation sites (N-methyl/N-ethyl adjacent to an activating group) is 1. The van der Waals surface area contributed by atoms with Gasteiger partial charge in [0.15, 0.2) is 16.8 Å². The van der Waals surface area contributed by atoms with Gasteiger partial charge in [-0.3, -0.25) is 14.6 Å². The first-order chi connectivity index (χ1) is 21.7. The molecule has 2 aromatic heterocycles. The van der Waals surface area contributed by atoms with Crippen molar-refractivity contribution < 1.29 is 31.5 Å². The normalized spacial score (nSPS) is 17.8. The van der Waals surface area contributed by atoms with Crippen molar-refractivity contribution >= 4 is 39.1 Å². The Labute approximate surface area is 268 Å². The molecule has 3 aromatic rings. The van der Waals surface area contributed by atoms with Gasteiger partial charge in [0.1, 0.15) is 22.8 Å². The lowest BCUT2D eigenvalue weighted by Gasteiger charge is -2.45. The first-order valence-electron chi connectivity index (χ1n) is 15.0. The molecule has 0 radical (unpaired) electrons. The number of benzene rings is 1. The molecular weight excluding hydrogens is 631 g/mol. The number of carbonyl (C=O) groups excluding carboxylic acids is 1. The highest BCUT2D eigenvalue weighted by Gasteiger charge is 2.35. The highest BCUT2D eigenvalue weighted by atomic mass is 32.1. The molecule has 1 aromatic carbocycles. The van der Waals surface area contributed by atoms with Gasteiger partial charge in [0.2, 0.25) is 5.82 Å². The van der Waals surface area contributed by atoms with Crippen LogP contribution >= 0.6 is 11.3 Å². The van der Waals surface area contributed by atoms with Crippen LogP contribution in [-0.2, 0) is 15.7 Å². The van der Waals surface area contributed by atoms with Crippen LogP contribution in [-0.4, -0.2) is 102 Å². The zero-order valence-corrected chi connectivity index (χ0v) is 26.9. The maximum absolute atomic E-state index is 15.8. The summed E-state index contributed by atoms with van der Waals surface area (Å²) in [5.41, 5.74) is -1.26. The minimum absolute atomic E-state index is 0.0342. The molecule has 2 saturated heterocycles. The smallest absolute Gasteiger partial charge is 0.416 e. The summed E-state index contributed by atoms with van der Waals surface area (Å²) >= 11 is 1.13. The summed E-state index contributed by atoms with van der Waals surface area (Å²) in [6.07, 6.45) is -3.24. The summed E-state index contributed by atoms with van der Waals surface area (Å²) in [4.78, 5) is 32.6. The molecule has 0 unspecified atom stereocenters. The third kappa shape index (κ3) is 7.66. The maximum Gasteiger partial charge on any atom is 0.416 e. The maximum atomic E-state index is 15.8. The van der Waals surface area contributed by atoms with E-state index < -0.39 is 23.4 Å². The zero-order chi connectivity index (χ0) is 33.2. The molecule has 0 bridgehead atoms. The van der Waals surface area contributed by atoms with Crippen LogP contribution in [0.4, 0.5) is 43.7 Å². The number of nitrogens with zero attached hydrogens (tertiary/aromatic N) is 7. The largest absolute Gasteiger partial charge is 0.466 e. The number of nitrogens with one attached hydrogen (secondary N) is 1. The standard InChI is InChI=1S/C30H37F5N8O2S/c1-5-45-22(44)6-7-41-9-12-42(13-10-41)26-23(32)25(36-18-37-26)39-28-38-24(19-14-20(30(33,34)35)16-21(31)15-19)27(46-28)43-11-8-40(4)29(2,3)17-43/h14-16,18H,5-13,17H2,1-4H3,(H,36,37,38,39). The molecule has 2 aliphatic rings. The van der Waals surface area contributed by atoms with E-state index in [1.54, 1.807) is 11.8 Å². The van der Waals surface area contributed by atoms with Gasteiger partial charge in [-0.15, -0.1) is 0 Å². The number of hydrogen-bond donors (Lipinski definition) is 1. The van der Waals surface area contributed by atoms with Gasteiger partial charge < -0.3 is 19.9 Å². The number of piperazine rings is 2. The highest BCUT2D eigenvalue weighted by molar-refractivity contribution is 7.20. The fraction of sp³-hybridized carbons (Fsp3) is 0.533. The molecule has 250 valence electrons. The number of rotatable bonds is 9. The van der Waals surface area contributed by atoms with Crippen molar-refractivity contribution in [1.29, 1.82) is 0 Å². The van der Waals surface area contributed by atoms with E-state index in [-0.39, 0.29) is 46.0 Å². The van der Waals surface area contributed by atoms with Crippen molar-refractivity contribution in [3.63, 3.8) is 0 Å². The topological polar surface area (TPSA) is 90.0 Å². The molecule has 5 rings (SSSR count). The Morgan fingerprint density at radius 1 is 1.04 bits per heavy atom. The summed E-state index contributed by atoms with van der Waals surface area (Å²) in [6.45, 7) is 10.7. The lowest BCUT2D eigenvalue weighted by molar-refractivity contribution is -0.143. The zero-order valence-electron chi connectivity index (χ0n) is 26.1. The van der Waals surface area contributed by atoms with E-state index in [9.17, 15) is 22.4 Å². The Balaban J connectivity index is 1.40. The van der Waals surface area contributed by atoms with E-state index in [4.69, 9.17) is 4.74 Å². The number of esters is 1. The molecular formula is C30H37F5N8O2S. The van der Waals surface area contributed by atoms with Crippen LogP contribution in [0.15, 0.2) is 24.5 Å². The summed E-state index contributed by atoms with van der Waals surface area (Å²) in [5.74, 6) is -2.04. The van der Waals surface area contributed by atoms with Crippen molar-refractivity contribution in [3.05, 3.63) is 41.7 Å². The van der Waals surface area contributed by atoms with Gasteiger partial charge in [0.25, 0.3) is 0 Å². The Hall–Kier alpha value is -3.63. The van der Waals surface area contributed by atoms with Gasteiger partial charge in [0, 0.05) is 63.5 Å². The number of aromatic nitrogens is 3. The Bertz CT molecular complexity index is 1540. The number of carbonyl (C=O) groups is 1. The first kappa shape index (κ1) is 33.7. The van der Waals surface area contributed by atoms with Crippen LogP contribution < -0.4 is 15.1 Å². The van der Waals surface area contributed by atoms with Crippen LogP contribution in [0.3, 0.4) is 0 Å². The summed E-state index contributed by atoms with van der Waals surface area (Å²) < 4.78 is 76.2. The molecule has 2 aliphatic heterocycles. The van der Waals surface area contributed by atoms with Crippen molar-refractivity contribution in [2.24, 2.45) is 0 Å². The third-order valence-corrected chi connectivity index (χ3v) is 9.35. The van der Waals surface area contributed by atoms with Gasteiger partial charge >= 0.3 is 12.1 Å². The lowest BCUT2D eigenvalue weighted by Crippen LogP contribution is -2.57. The fourth-order valence-corrected chi connectivity index (χ4v) is 6.52. The van der Waals surface area contributed by atoms with Crippen molar-refractivity contribution in [2.45, 2.75) is 38.9 Å². The molecule has 0 atom stereocenters. The van der Waals surface area contributed by atoms with Crippen LogP contribution in [0.2, 0.25) is 0 Å². The number of halogens is 5. The average molecular weight is 669 g/mol. The predicted molar refractivity (Wildman–Crippen MR) is 167 cm³/mol. The predicted octanol–water partition coefficient (Wildman–Crippen LogP) is 5.25. The molecule has 10 nitrogen and oxygen atoms in total. The second-order valence-corrected chi connectivity index (χ2v) is 12.9. The van der Waals surface area contributed by atoms with E-state index in [2.05, 4.69) is 43.9 Å². The molecule has 4 heterocycles. The monoisotopic (exact) mass is 668 g/mol. The number of ether oxygens (including phenoxy) is 1. The molecule has 1 N–H and O–H groups in total. The van der Waals surface area contributed by atoms with Crippen molar-refractivity contribution in [2.75, 3.05) is 81.1 Å². The SMILES string of the molecule is CCOC(=O)CCN1CCN(c2ncnc(Nc3nc(-c4cc(F)cc(C(F)(F)F)c4)c(N4CCN(C)C(C)(C)C4)s3)c2F)CC1. The molecule has 46 heavy (non-hydrogen) atoms. The quantitative estimate of drug-likeness (QED) is 0.241. The molecule has 16 heteroatoms. The molecule has 0 saturated carbocycles. The van der Waals surface area contributed by atoms with Gasteiger partial charge in [-0.05, 0) is 46.0 Å². The van der Waals surface area contributed by atoms with Crippen LogP contribution in [0, 0.1) is 11.6 Å². The van der Waals surface area contributed by atoms with Gasteiger partial charge in [-0.2, -0.15) is 17.6 Å². The Morgan fingerprint density at radius 2 is 1.76 bits per heavy atom. The van der Waals surface area contributed by atoms with Crippen LogP contribution in [0.25, 0.3) is 11.3 Å². The number of anilines is 4. The van der Waals surface area contributed by atoms with Crippen LogP contribution in [0.1, 0.15) is 32.8 Å². The molecule has 0 aliphatic carbocycles. The summed E-state index contributed by atoms with van der Waals surface area (Å²) in [7, 11) is 2.00. The van der Waals surface area contributed by atoms with E-state index in [0.29, 0.717) is 70.0 Å². The highest BCUT2D eigenvalue weighted by Crippen LogP contribution is 2.43. The fourth-order valence-electron chi connectivity index (χ4n) is 5.51. The molecule has 0 spiro atoms. The van der Waals surface area contributed by atoms with E-state index in [1.807, 2.05) is 11.9 Å². The van der Waals surface area contributed by atoms with Gasteiger partial charge in [-0.1, -0.05) is 11.3 Å². The Morgan fingerprint density at radius 3 is 2.43 bits per heavy atom. The van der Waals surface area contributed by atoms with Crippen molar-refractivity contribution in [1.82, 2.24) is 24.8 Å². The second kappa shape index (κ2) is 13.6. The summed E-state index contributed by atoms with van der Waals surface area (Å²) in [6, 6.07) is 2.35. The molecule has 0 amide bonds. The number of thiazole rings is 1. The number of alkyl halides is 3. The minimum Gasteiger partial charge on any atom is -0.466 e. The lowest BCUT2D eigenvalue weighted by atomic mass is 9.99. The second-order valence-electron chi connectivity index (χ2n) is 11.9. The van der Waals surface area contributed by atoms with Crippen LogP contribution in [0.5, 0.6) is 0 Å². The van der Waals surface area contributed by atoms with E-state index >= 15 is 4.39 Å². The average Bonchev–Trinajstić information content (AvgIpc) is 3.42. The Kier molecular flexibility index (Phi) is 9.98. The van der Waals surface area contributed by atoms with Crippen molar-refractivity contribution in [3.8, 4) is 11.3 Å². The van der Waals surface area contributed by atoms with Gasteiger partial charge in [0.05, 0.1) is 18.6 Å². The third-order valence-electron chi connectivity index (χ3n) is 8.32. The van der Waals surface area contributed by atoms with E-state index in [0.717, 1.165) is 23.5 Å². The minimum atomic E-state index is -4.75. The summed E-state index contributed by atoms with van der Waals surface area (Å²) in [5, 5.41) is 3.63. The van der Waals surface area contributed by atoms with E-state index in [1.165, 1.54) is 6.33 Å². The van der Waals surface area contributed by atoms with Gasteiger partial charge in [-0.25, -0.2) is 19.3 Å². The molecule has 2 fully saturated rings.